The van der Waals surface area contributed by atoms with Crippen molar-refractivity contribution < 1.29 is 4.39 Å². The Morgan fingerprint density at radius 1 is 1.50 bits per heavy atom. The highest BCUT2D eigenvalue weighted by molar-refractivity contribution is 5.11. The molecule has 3 aliphatic rings. The number of rotatable bonds is 2. The fraction of sp³-hybridized carbons (Fsp3) is 1.00. The van der Waals surface area contributed by atoms with Crippen molar-refractivity contribution in [2.24, 2.45) is 10.5 Å². The van der Waals surface area contributed by atoms with Crippen molar-refractivity contribution >= 4 is 0 Å². The predicted molar refractivity (Wildman–Crippen MR) is 42.4 cm³/mol. The summed E-state index contributed by atoms with van der Waals surface area (Å²) in [4.78, 5) is 2.70. The first kappa shape index (κ1) is 7.83. The van der Waals surface area contributed by atoms with E-state index in [1.165, 1.54) is 0 Å². The first-order valence-electron chi connectivity index (χ1n) is 4.09. The zero-order valence-electron chi connectivity index (χ0n) is 6.76. The Hall–Kier alpha value is -0.800. The van der Waals surface area contributed by atoms with E-state index in [-0.39, 0.29) is 5.41 Å². The van der Waals surface area contributed by atoms with Gasteiger partial charge in [-0.05, 0) is 23.8 Å². The summed E-state index contributed by atoms with van der Waals surface area (Å²) in [5, 5.41) is 6.53. The van der Waals surface area contributed by atoms with E-state index in [4.69, 9.17) is 5.53 Å². The fourth-order valence-electron chi connectivity index (χ4n) is 2.44. The normalized spacial score (nSPS) is 44.4. The van der Waals surface area contributed by atoms with E-state index >= 15 is 0 Å². The molecule has 4 nitrogen and oxygen atoms in total. The molecule has 1 N–H and O–H groups in total. The molecule has 0 aromatic heterocycles. The van der Waals surface area contributed by atoms with Crippen molar-refractivity contribution in [3.8, 4) is 0 Å². The van der Waals surface area contributed by atoms with E-state index in [0.29, 0.717) is 25.9 Å². The predicted octanol–water partition coefficient (Wildman–Crippen LogP) is 1.39. The van der Waals surface area contributed by atoms with Gasteiger partial charge in [-0.25, -0.2) is 4.39 Å². The summed E-state index contributed by atoms with van der Waals surface area (Å²) in [5.41, 5.74) is 7.06. The Balaban J connectivity index is 2.02. The third-order valence-corrected chi connectivity index (χ3v) is 2.79. The molecule has 0 atom stereocenters. The minimum atomic E-state index is -1.01. The van der Waals surface area contributed by atoms with Crippen LogP contribution in [0.4, 0.5) is 4.39 Å². The molecule has 12 heavy (non-hydrogen) atoms. The summed E-state index contributed by atoms with van der Waals surface area (Å²) in [6.45, 7) is 1.69. The molecule has 0 aromatic rings. The third kappa shape index (κ3) is 1.06. The second-order valence-corrected chi connectivity index (χ2v) is 4.00. The van der Waals surface area contributed by atoms with Crippen molar-refractivity contribution in [2.45, 2.75) is 18.5 Å². The molecule has 0 amide bonds. The van der Waals surface area contributed by atoms with Crippen molar-refractivity contribution in [1.82, 2.24) is 5.32 Å². The van der Waals surface area contributed by atoms with Crippen LogP contribution in [0.1, 0.15) is 12.8 Å². The fourth-order valence-corrected chi connectivity index (χ4v) is 2.44. The first-order chi connectivity index (χ1) is 5.68. The second kappa shape index (κ2) is 2.34. The summed E-state index contributed by atoms with van der Waals surface area (Å²) in [6.07, 6.45) is 1.12. The molecular formula is C7H11FN4. The lowest BCUT2D eigenvalue weighted by molar-refractivity contribution is -0.0912. The van der Waals surface area contributed by atoms with Gasteiger partial charge >= 0.3 is 0 Å². The maximum Gasteiger partial charge on any atom is 0.124 e. The number of nitrogens with zero attached hydrogens (tertiary/aromatic N) is 3. The van der Waals surface area contributed by atoms with Gasteiger partial charge in [0.1, 0.15) is 5.67 Å². The number of halogens is 1. The molecule has 3 rings (SSSR count). The molecule has 3 fully saturated rings. The molecule has 2 bridgehead atoms. The summed E-state index contributed by atoms with van der Waals surface area (Å²) in [6, 6.07) is 0. The number of piperidine rings is 2. The topological polar surface area (TPSA) is 60.8 Å². The average Bonchev–Trinajstić information content (AvgIpc) is 1.99. The van der Waals surface area contributed by atoms with Gasteiger partial charge < -0.3 is 5.32 Å². The molecule has 0 aromatic carbocycles. The van der Waals surface area contributed by atoms with Gasteiger partial charge in [-0.1, -0.05) is 5.11 Å². The van der Waals surface area contributed by atoms with Crippen LogP contribution in [0.3, 0.4) is 0 Å². The Morgan fingerprint density at radius 2 is 2.25 bits per heavy atom. The monoisotopic (exact) mass is 170 g/mol. The Labute approximate surface area is 69.8 Å². The lowest BCUT2D eigenvalue weighted by Crippen LogP contribution is -2.65. The van der Waals surface area contributed by atoms with Crippen LogP contribution in [-0.4, -0.2) is 25.3 Å². The molecule has 5 heteroatoms. The van der Waals surface area contributed by atoms with Crippen molar-refractivity contribution in [1.29, 1.82) is 0 Å². The summed E-state index contributed by atoms with van der Waals surface area (Å²) in [5.74, 6) is 0. The Bertz CT molecular complexity index is 240. The van der Waals surface area contributed by atoms with Crippen molar-refractivity contribution in [2.75, 3.05) is 19.6 Å². The lowest BCUT2D eigenvalue weighted by atomic mass is 9.57. The number of fused-ring (bicyclic) bond motifs is 2. The van der Waals surface area contributed by atoms with Gasteiger partial charge in [0.05, 0.1) is 0 Å². The molecular weight excluding hydrogens is 159 g/mol. The van der Waals surface area contributed by atoms with Crippen LogP contribution in [0.15, 0.2) is 5.11 Å². The molecule has 0 unspecified atom stereocenters. The van der Waals surface area contributed by atoms with Gasteiger partial charge in [0.25, 0.3) is 0 Å². The Morgan fingerprint density at radius 3 is 2.83 bits per heavy atom. The zero-order chi connectivity index (χ0) is 8.66. The van der Waals surface area contributed by atoms with Gasteiger partial charge in [-0.15, -0.1) is 0 Å². The van der Waals surface area contributed by atoms with Crippen LogP contribution in [-0.2, 0) is 0 Å². The highest BCUT2D eigenvalue weighted by atomic mass is 19.1. The minimum absolute atomic E-state index is 0.0702. The standard InChI is InChI=1S/C7H11FN4/c8-7-1-6(2-7,3-10-5-7)4-11-12-9/h10H,1-5H2. The molecule has 0 spiro atoms. The van der Waals surface area contributed by atoms with Gasteiger partial charge in [0.15, 0.2) is 0 Å². The van der Waals surface area contributed by atoms with Crippen LogP contribution < -0.4 is 5.32 Å². The third-order valence-electron chi connectivity index (χ3n) is 2.79. The van der Waals surface area contributed by atoms with Crippen molar-refractivity contribution in [3.63, 3.8) is 0 Å². The van der Waals surface area contributed by atoms with E-state index in [0.717, 1.165) is 6.54 Å². The highest BCUT2D eigenvalue weighted by Gasteiger charge is 2.57. The number of hydrogen-bond acceptors (Lipinski definition) is 2. The quantitative estimate of drug-likeness (QED) is 0.380. The van der Waals surface area contributed by atoms with Gasteiger partial charge in [0, 0.05) is 24.5 Å². The average molecular weight is 170 g/mol. The van der Waals surface area contributed by atoms with E-state index in [1.807, 2.05) is 0 Å². The van der Waals surface area contributed by atoms with Gasteiger partial charge in [0.2, 0.25) is 0 Å². The van der Waals surface area contributed by atoms with Crippen LogP contribution in [0.2, 0.25) is 0 Å². The van der Waals surface area contributed by atoms with Crippen molar-refractivity contribution in [3.05, 3.63) is 10.4 Å². The van der Waals surface area contributed by atoms with Crippen LogP contribution in [0.5, 0.6) is 0 Å². The first-order valence-corrected chi connectivity index (χ1v) is 4.09. The van der Waals surface area contributed by atoms with E-state index in [1.54, 1.807) is 0 Å². The molecule has 2 aliphatic heterocycles. The summed E-state index contributed by atoms with van der Waals surface area (Å²) < 4.78 is 13.4. The SMILES string of the molecule is [N-]=[N+]=NCC12CNCC(F)(C1)C2. The summed E-state index contributed by atoms with van der Waals surface area (Å²) in [7, 11) is 0. The summed E-state index contributed by atoms with van der Waals surface area (Å²) >= 11 is 0. The number of azide groups is 1. The highest BCUT2D eigenvalue weighted by Crippen LogP contribution is 2.53. The lowest BCUT2D eigenvalue weighted by Gasteiger charge is -2.56. The van der Waals surface area contributed by atoms with Gasteiger partial charge in [-0.2, -0.15) is 0 Å². The number of hydrogen-bond donors (Lipinski definition) is 1. The molecule has 2 saturated heterocycles. The van der Waals surface area contributed by atoms with E-state index in [2.05, 4.69) is 15.3 Å². The maximum absolute atomic E-state index is 13.4. The van der Waals surface area contributed by atoms with Gasteiger partial charge in [-0.3, -0.25) is 0 Å². The van der Waals surface area contributed by atoms with Crippen LogP contribution in [0.25, 0.3) is 10.4 Å². The maximum atomic E-state index is 13.4. The molecule has 1 aliphatic carbocycles. The Kier molecular flexibility index (Phi) is 1.53. The number of nitrogens with one attached hydrogen (secondary N) is 1. The van der Waals surface area contributed by atoms with E-state index in [9.17, 15) is 4.39 Å². The zero-order valence-corrected chi connectivity index (χ0v) is 6.76. The molecule has 1 saturated carbocycles. The minimum Gasteiger partial charge on any atom is -0.313 e. The molecule has 2 heterocycles. The van der Waals surface area contributed by atoms with E-state index < -0.39 is 5.67 Å². The largest absolute Gasteiger partial charge is 0.313 e. The molecule has 66 valence electrons. The van der Waals surface area contributed by atoms with Crippen LogP contribution >= 0.6 is 0 Å². The van der Waals surface area contributed by atoms with Crippen LogP contribution in [0, 0.1) is 5.41 Å². The molecule has 0 radical (unpaired) electrons. The second-order valence-electron chi connectivity index (χ2n) is 4.00. The number of alkyl halides is 1. The smallest absolute Gasteiger partial charge is 0.124 e.